The molecule has 5 nitrogen and oxygen atoms in total. The van der Waals surface area contributed by atoms with Gasteiger partial charge in [0.05, 0.1) is 17.2 Å². The molecule has 0 radical (unpaired) electrons. The molecular formula is C22H18FN3O2. The molecule has 2 aromatic carbocycles. The molecule has 2 N–H and O–H groups in total. The Hall–Kier alpha value is -3.41. The van der Waals surface area contributed by atoms with Crippen LogP contribution < -0.4 is 10.9 Å². The number of aromatic amines is 1. The monoisotopic (exact) mass is 375 g/mol. The number of para-hydroxylation sites is 1. The number of carbonyl (C=O) groups excluding carboxylic acids is 1. The first-order valence-corrected chi connectivity index (χ1v) is 9.29. The molecule has 2 atom stereocenters. The maximum Gasteiger partial charge on any atom is 0.277 e. The predicted molar refractivity (Wildman–Crippen MR) is 104 cm³/mol. The molecule has 1 aliphatic carbocycles. The van der Waals surface area contributed by atoms with Crippen molar-refractivity contribution in [3.8, 4) is 5.69 Å². The minimum atomic E-state index is -0.662. The van der Waals surface area contributed by atoms with Gasteiger partial charge in [-0.1, -0.05) is 42.5 Å². The molecule has 1 aromatic heterocycles. The number of rotatable bonds is 2. The Balaban J connectivity index is 1.78. The number of H-pyrrole nitrogens is 1. The van der Waals surface area contributed by atoms with Crippen LogP contribution in [0.3, 0.4) is 0 Å². The molecule has 0 fully saturated rings. The third kappa shape index (κ3) is 2.45. The van der Waals surface area contributed by atoms with Gasteiger partial charge in [-0.05, 0) is 30.2 Å². The minimum absolute atomic E-state index is 0.0239. The van der Waals surface area contributed by atoms with E-state index in [2.05, 4.69) is 10.4 Å². The molecule has 140 valence electrons. The second kappa shape index (κ2) is 6.34. The van der Waals surface area contributed by atoms with E-state index in [1.807, 2.05) is 36.4 Å². The average molecular weight is 375 g/mol. The second-order valence-electron chi connectivity index (χ2n) is 7.14. The van der Waals surface area contributed by atoms with Crippen molar-refractivity contribution in [1.82, 2.24) is 9.78 Å². The molecule has 0 bridgehead atoms. The van der Waals surface area contributed by atoms with Crippen molar-refractivity contribution in [1.29, 1.82) is 0 Å². The zero-order valence-corrected chi connectivity index (χ0v) is 15.0. The number of carbonyl (C=O) groups is 1. The summed E-state index contributed by atoms with van der Waals surface area (Å²) in [5.74, 6) is -1.11. The Morgan fingerprint density at radius 2 is 1.71 bits per heavy atom. The lowest BCUT2D eigenvalue weighted by molar-refractivity contribution is -0.122. The highest BCUT2D eigenvalue weighted by molar-refractivity contribution is 5.89. The number of nitrogens with one attached hydrogen (secondary N) is 2. The van der Waals surface area contributed by atoms with Gasteiger partial charge < -0.3 is 5.32 Å². The third-order valence-electron chi connectivity index (χ3n) is 5.53. The largest absolute Gasteiger partial charge is 0.343 e. The number of allylic oxidation sites excluding steroid dienone is 2. The van der Waals surface area contributed by atoms with Gasteiger partial charge >= 0.3 is 0 Å². The van der Waals surface area contributed by atoms with Gasteiger partial charge in [0.25, 0.3) is 5.56 Å². The second-order valence-corrected chi connectivity index (χ2v) is 7.14. The number of hydrogen-bond donors (Lipinski definition) is 2. The van der Waals surface area contributed by atoms with Gasteiger partial charge in [0.1, 0.15) is 17.4 Å². The summed E-state index contributed by atoms with van der Waals surface area (Å²) in [5, 5.41) is 6.32. The molecule has 0 saturated carbocycles. The lowest BCUT2D eigenvalue weighted by Crippen LogP contribution is -2.37. The molecular weight excluding hydrogens is 357 g/mol. The van der Waals surface area contributed by atoms with Gasteiger partial charge in [-0.2, -0.15) is 0 Å². The Kier molecular flexibility index (Phi) is 3.79. The van der Waals surface area contributed by atoms with E-state index in [1.54, 1.807) is 18.2 Å². The highest BCUT2D eigenvalue weighted by Gasteiger charge is 2.43. The fourth-order valence-corrected chi connectivity index (χ4v) is 4.29. The fraction of sp³-hybridized carbons (Fsp3) is 0.182. The standard InChI is InChI=1S/C22H18FN3O2/c23-15-10-5-4-9-14(15)18-19-16(11-6-12-17(19)27)24-21-20(18)22(28)26(25-21)13-7-2-1-3-8-13/h1-5,7-11,18-19,24-25H,6,12H2/t18-,19-/m0/s1. The zero-order valence-electron chi connectivity index (χ0n) is 15.0. The first-order valence-electron chi connectivity index (χ1n) is 9.29. The molecule has 5 rings (SSSR count). The molecule has 2 heterocycles. The van der Waals surface area contributed by atoms with Crippen molar-refractivity contribution in [2.45, 2.75) is 18.8 Å². The summed E-state index contributed by atoms with van der Waals surface area (Å²) in [7, 11) is 0. The van der Waals surface area contributed by atoms with E-state index in [0.29, 0.717) is 35.5 Å². The van der Waals surface area contributed by atoms with Crippen LogP contribution in [-0.2, 0) is 4.79 Å². The normalized spacial score (nSPS) is 20.8. The summed E-state index contributed by atoms with van der Waals surface area (Å²) in [6.07, 6.45) is 3.01. The van der Waals surface area contributed by atoms with Crippen molar-refractivity contribution in [3.05, 3.63) is 93.7 Å². The van der Waals surface area contributed by atoms with Gasteiger partial charge in [0.15, 0.2) is 0 Å². The lowest BCUT2D eigenvalue weighted by atomic mass is 9.72. The number of fused-ring (bicyclic) bond motifs is 2. The number of Topliss-reactive ketones (excluding diaryl/α,β-unsaturated/α-hetero) is 1. The van der Waals surface area contributed by atoms with Crippen LogP contribution in [0.1, 0.15) is 29.9 Å². The first kappa shape index (κ1) is 16.7. The number of aromatic nitrogens is 2. The molecule has 28 heavy (non-hydrogen) atoms. The van der Waals surface area contributed by atoms with Crippen molar-refractivity contribution >= 4 is 11.6 Å². The molecule has 6 heteroatoms. The summed E-state index contributed by atoms with van der Waals surface area (Å²) in [5.41, 5.74) is 1.90. The Morgan fingerprint density at radius 1 is 0.964 bits per heavy atom. The van der Waals surface area contributed by atoms with Crippen LogP contribution in [0.5, 0.6) is 0 Å². The van der Waals surface area contributed by atoms with Crippen LogP contribution in [0.15, 0.2) is 71.2 Å². The van der Waals surface area contributed by atoms with Gasteiger partial charge in [-0.25, -0.2) is 9.07 Å². The van der Waals surface area contributed by atoms with Crippen LogP contribution in [0, 0.1) is 11.7 Å². The van der Waals surface area contributed by atoms with Crippen LogP contribution in [0.4, 0.5) is 10.2 Å². The number of anilines is 1. The molecule has 0 unspecified atom stereocenters. The van der Waals surface area contributed by atoms with Crippen LogP contribution in [0.25, 0.3) is 5.69 Å². The first-order chi connectivity index (χ1) is 13.6. The highest BCUT2D eigenvalue weighted by Crippen LogP contribution is 2.45. The predicted octanol–water partition coefficient (Wildman–Crippen LogP) is 3.73. The van der Waals surface area contributed by atoms with Gasteiger partial charge in [-0.3, -0.25) is 14.7 Å². The molecule has 0 spiro atoms. The zero-order chi connectivity index (χ0) is 19.3. The molecule has 1 aliphatic heterocycles. The van der Waals surface area contributed by atoms with Crippen LogP contribution in [0.2, 0.25) is 0 Å². The van der Waals surface area contributed by atoms with E-state index in [-0.39, 0.29) is 11.3 Å². The summed E-state index contributed by atoms with van der Waals surface area (Å²) in [6, 6.07) is 15.6. The smallest absolute Gasteiger partial charge is 0.277 e. The average Bonchev–Trinajstić information content (AvgIpc) is 3.04. The SMILES string of the molecule is O=C1CCC=C2Nc3[nH]n(-c4ccccc4)c(=O)c3[C@@H](c3ccccc3F)[C@H]12. The molecule has 3 aromatic rings. The highest BCUT2D eigenvalue weighted by atomic mass is 19.1. The molecule has 0 saturated heterocycles. The van der Waals surface area contributed by atoms with E-state index >= 15 is 0 Å². The number of halogens is 1. The van der Waals surface area contributed by atoms with Gasteiger partial charge in [-0.15, -0.1) is 0 Å². The summed E-state index contributed by atoms with van der Waals surface area (Å²) < 4.78 is 16.2. The van der Waals surface area contributed by atoms with E-state index in [1.165, 1.54) is 10.7 Å². The number of benzene rings is 2. The minimum Gasteiger partial charge on any atom is -0.343 e. The van der Waals surface area contributed by atoms with Crippen molar-refractivity contribution in [2.24, 2.45) is 5.92 Å². The Labute approximate surface area is 160 Å². The van der Waals surface area contributed by atoms with Crippen LogP contribution >= 0.6 is 0 Å². The topological polar surface area (TPSA) is 66.9 Å². The van der Waals surface area contributed by atoms with Gasteiger partial charge in [0, 0.05) is 18.0 Å². The Bertz CT molecular complexity index is 1160. The maximum absolute atomic E-state index is 14.7. The quantitative estimate of drug-likeness (QED) is 0.717. The van der Waals surface area contributed by atoms with Crippen molar-refractivity contribution in [2.75, 3.05) is 5.32 Å². The van der Waals surface area contributed by atoms with Crippen molar-refractivity contribution in [3.63, 3.8) is 0 Å². The van der Waals surface area contributed by atoms with Crippen LogP contribution in [-0.4, -0.2) is 15.6 Å². The molecule has 2 aliphatic rings. The van der Waals surface area contributed by atoms with E-state index < -0.39 is 17.7 Å². The summed E-state index contributed by atoms with van der Waals surface area (Å²) in [6.45, 7) is 0. The fourth-order valence-electron chi connectivity index (χ4n) is 4.29. The van der Waals surface area contributed by atoms with E-state index in [0.717, 1.165) is 5.70 Å². The Morgan fingerprint density at radius 3 is 2.50 bits per heavy atom. The number of ketones is 1. The lowest BCUT2D eigenvalue weighted by Gasteiger charge is -2.35. The summed E-state index contributed by atoms with van der Waals surface area (Å²) in [4.78, 5) is 26.1. The number of hydrogen-bond acceptors (Lipinski definition) is 3. The van der Waals surface area contributed by atoms with E-state index in [9.17, 15) is 14.0 Å². The number of nitrogens with zero attached hydrogens (tertiary/aromatic N) is 1. The molecule has 0 amide bonds. The maximum atomic E-state index is 14.7. The van der Waals surface area contributed by atoms with Gasteiger partial charge in [0.2, 0.25) is 0 Å². The van der Waals surface area contributed by atoms with Crippen molar-refractivity contribution < 1.29 is 9.18 Å². The summed E-state index contributed by atoms with van der Waals surface area (Å²) >= 11 is 0. The third-order valence-corrected chi connectivity index (χ3v) is 5.53. The van der Waals surface area contributed by atoms with E-state index in [4.69, 9.17) is 0 Å².